The highest BCUT2D eigenvalue weighted by atomic mass is 16.3. The first-order valence-electron chi connectivity index (χ1n) is 14.6. The van der Waals surface area contributed by atoms with Crippen LogP contribution in [0.2, 0.25) is 2.82 Å². The fourth-order valence-electron chi connectivity index (χ4n) is 4.13. The van der Waals surface area contributed by atoms with Gasteiger partial charge in [-0.2, -0.15) is 0 Å². The summed E-state index contributed by atoms with van der Waals surface area (Å²) in [5.74, 6) is -4.16. The largest absolute Gasteiger partial charge is 0.508 e. The van der Waals surface area contributed by atoms with Gasteiger partial charge in [0.2, 0.25) is 29.5 Å². The zero-order chi connectivity index (χ0) is 33.8. The SMILES string of the molecule is [2H]N[C@@H](Cc1ccc(O)cc1)C(=O)N[C@@H](C)C(=O)NCC(=O)N([2H])[C@@H](Cc1ccccc1)C(=O)NC(C(N)=O)c1ccc(O)cc1. The lowest BCUT2D eigenvalue weighted by atomic mass is 10.0. The Balaban J connectivity index is 1.65. The van der Waals surface area contributed by atoms with Gasteiger partial charge in [0.25, 0.3) is 0 Å². The average Bonchev–Trinajstić information content (AvgIpc) is 3.04. The highest BCUT2D eigenvalue weighted by Crippen LogP contribution is 2.17. The van der Waals surface area contributed by atoms with Crippen LogP contribution in [0.25, 0.3) is 0 Å². The van der Waals surface area contributed by atoms with E-state index in [2.05, 4.69) is 21.7 Å². The highest BCUT2D eigenvalue weighted by Gasteiger charge is 2.28. The number of carbonyl (C=O) groups is 5. The van der Waals surface area contributed by atoms with E-state index in [-0.39, 0.29) is 29.9 Å². The smallest absolute Gasteiger partial charge is 0.244 e. The van der Waals surface area contributed by atoms with Crippen LogP contribution in [0.1, 0.15) is 29.7 Å². The summed E-state index contributed by atoms with van der Waals surface area (Å²) in [6.07, 6.45) is -0.00358. The van der Waals surface area contributed by atoms with Crippen LogP contribution in [-0.2, 0) is 36.8 Å². The number of phenols is 2. The zero-order valence-electron chi connectivity index (χ0n) is 25.9. The summed E-state index contributed by atoms with van der Waals surface area (Å²) in [5, 5.41) is 26.7. The maximum absolute atomic E-state index is 13.4. The normalized spacial score (nSPS) is 14.0. The molecule has 3 rings (SSSR count). The first-order valence-corrected chi connectivity index (χ1v) is 13.7. The van der Waals surface area contributed by atoms with Crippen molar-refractivity contribution in [3.05, 3.63) is 95.6 Å². The number of nitrogens with one attached hydrogen (secondary N) is 4. The van der Waals surface area contributed by atoms with Crippen LogP contribution >= 0.6 is 0 Å². The first-order chi connectivity index (χ1) is 21.9. The van der Waals surface area contributed by atoms with E-state index in [0.29, 0.717) is 16.4 Å². The lowest BCUT2D eigenvalue weighted by Crippen LogP contribution is -2.54. The molecular formula is C31H36N6O7. The molecule has 0 saturated heterocycles. The quantitative estimate of drug-likeness (QED) is 0.114. The van der Waals surface area contributed by atoms with E-state index in [1.54, 1.807) is 42.5 Å². The molecule has 13 nitrogen and oxygen atoms in total. The molecule has 232 valence electrons. The molecule has 5 amide bonds. The van der Waals surface area contributed by atoms with Crippen LogP contribution in [0.15, 0.2) is 78.9 Å². The van der Waals surface area contributed by atoms with Crippen molar-refractivity contribution in [2.45, 2.75) is 43.9 Å². The molecule has 0 saturated carbocycles. The molecule has 1 unspecified atom stereocenters. The summed E-state index contributed by atoms with van der Waals surface area (Å²) in [5.41, 5.74) is 9.19. The van der Waals surface area contributed by atoms with Crippen LogP contribution in [-0.4, -0.2) is 64.4 Å². The standard InChI is InChI=1S/C31H36N6O7/c1-18(35-30(43)24(32)15-20-7-11-22(38)12-8-20)29(42)34-17-26(40)36-25(16-19-5-3-2-4-6-19)31(44)37-27(28(33)41)21-9-13-23(39)14-10-21/h2-14,18,24-25,27,38-39H,15-17,32H2,1H3,(H2,33,41)(H,34,42)(H,35,43)(H,36,40)(H,37,44)/t18-,24-,25-,27?/m0/s1/i/hD2. The molecule has 3 aromatic rings. The van der Waals surface area contributed by atoms with Crippen LogP contribution in [0.3, 0.4) is 0 Å². The number of primary amides is 1. The van der Waals surface area contributed by atoms with Gasteiger partial charge < -0.3 is 42.9 Å². The van der Waals surface area contributed by atoms with Crippen LogP contribution < -0.4 is 32.7 Å². The summed E-state index contributed by atoms with van der Waals surface area (Å²) in [6.45, 7) is 0.683. The molecule has 0 aliphatic heterocycles. The minimum absolute atomic E-state index is 0.0469. The molecule has 4 atom stereocenters. The molecule has 3 aromatic carbocycles. The predicted octanol–water partition coefficient (Wildman–Crippen LogP) is -0.341. The zero-order valence-corrected chi connectivity index (χ0v) is 23.9. The van der Waals surface area contributed by atoms with E-state index in [1.807, 2.05) is 0 Å². The molecule has 0 fully saturated rings. The molecule has 0 spiro atoms. The van der Waals surface area contributed by atoms with Gasteiger partial charge in [0, 0.05) is 6.42 Å². The van der Waals surface area contributed by atoms with E-state index >= 15 is 0 Å². The second-order valence-electron chi connectivity index (χ2n) is 10.0. The summed E-state index contributed by atoms with van der Waals surface area (Å²) >= 11 is 0. The Kier molecular flexibility index (Phi) is 10.7. The Morgan fingerprint density at radius 2 is 1.39 bits per heavy atom. The molecule has 44 heavy (non-hydrogen) atoms. The van der Waals surface area contributed by atoms with Crippen molar-refractivity contribution < 1.29 is 37.0 Å². The Labute approximate surface area is 256 Å². The fourth-order valence-corrected chi connectivity index (χ4v) is 4.13. The summed E-state index contributed by atoms with van der Waals surface area (Å²) in [6, 6.07) is 15.1. The monoisotopic (exact) mass is 606 g/mol. The van der Waals surface area contributed by atoms with Gasteiger partial charge in [0.15, 0.2) is 1.41 Å². The Bertz CT molecular complexity index is 1510. The number of nitrogens with two attached hydrogens (primary N) is 2. The van der Waals surface area contributed by atoms with Gasteiger partial charge >= 0.3 is 0 Å². The molecular weight excluding hydrogens is 568 g/mol. The van der Waals surface area contributed by atoms with E-state index in [0.717, 1.165) is 0 Å². The number of carbonyl (C=O) groups excluding carboxylic acids is 5. The number of aromatic hydroxyl groups is 2. The van der Waals surface area contributed by atoms with E-state index < -0.39 is 60.2 Å². The molecule has 0 aliphatic rings. The van der Waals surface area contributed by atoms with Crippen molar-refractivity contribution in [1.29, 1.82) is 0 Å². The molecule has 0 heterocycles. The van der Waals surface area contributed by atoms with Crippen molar-refractivity contribution in [1.82, 2.24) is 21.3 Å². The van der Waals surface area contributed by atoms with E-state index in [4.69, 9.17) is 8.56 Å². The summed E-state index contributed by atoms with van der Waals surface area (Å²) in [4.78, 5) is 64.0. The van der Waals surface area contributed by atoms with Crippen molar-refractivity contribution in [3.63, 3.8) is 0 Å². The van der Waals surface area contributed by atoms with Gasteiger partial charge in [0.1, 0.15) is 31.0 Å². The maximum Gasteiger partial charge on any atom is 0.244 e. The second-order valence-corrected chi connectivity index (χ2v) is 10.0. The average molecular weight is 607 g/mol. The van der Waals surface area contributed by atoms with Gasteiger partial charge in [-0.3, -0.25) is 24.0 Å². The van der Waals surface area contributed by atoms with Gasteiger partial charge in [-0.25, -0.2) is 0 Å². The van der Waals surface area contributed by atoms with Crippen molar-refractivity contribution >= 4 is 29.5 Å². The number of phenolic OH excluding ortho intramolecular Hbond substituents is 2. The number of amides is 5. The van der Waals surface area contributed by atoms with Crippen LogP contribution in [0.4, 0.5) is 0 Å². The Morgan fingerprint density at radius 3 is 1.98 bits per heavy atom. The minimum atomic E-state index is -1.44. The maximum atomic E-state index is 13.4. The molecule has 13 heteroatoms. The molecule has 0 bridgehead atoms. The Hall–Kier alpha value is -5.43. The van der Waals surface area contributed by atoms with E-state index in [1.165, 1.54) is 43.3 Å². The van der Waals surface area contributed by atoms with Crippen LogP contribution in [0, 0.1) is 0 Å². The lowest BCUT2D eigenvalue weighted by molar-refractivity contribution is -0.132. The molecule has 0 aliphatic carbocycles. The predicted molar refractivity (Wildman–Crippen MR) is 161 cm³/mol. The van der Waals surface area contributed by atoms with Crippen LogP contribution in [0.5, 0.6) is 11.5 Å². The van der Waals surface area contributed by atoms with Gasteiger partial charge in [0.05, 0.1) is 12.6 Å². The molecule has 0 radical (unpaired) electrons. The van der Waals surface area contributed by atoms with Gasteiger partial charge in [-0.05, 0) is 54.3 Å². The molecule has 10 N–H and O–H groups in total. The Morgan fingerprint density at radius 1 is 0.795 bits per heavy atom. The second kappa shape index (κ2) is 15.7. The third-order valence-corrected chi connectivity index (χ3v) is 6.53. The number of benzene rings is 3. The number of hydrogen-bond donors (Lipinski definition) is 8. The molecule has 0 aromatic heterocycles. The third kappa shape index (κ3) is 10.1. The number of rotatable bonds is 15. The third-order valence-electron chi connectivity index (χ3n) is 6.53. The summed E-state index contributed by atoms with van der Waals surface area (Å²) < 4.78 is 16.0. The minimum Gasteiger partial charge on any atom is -0.508 e. The van der Waals surface area contributed by atoms with E-state index in [9.17, 15) is 34.2 Å². The first kappa shape index (κ1) is 30.0. The van der Waals surface area contributed by atoms with Crippen molar-refractivity contribution in [3.8, 4) is 11.5 Å². The topological polar surface area (TPSA) is 226 Å². The fraction of sp³-hybridized carbons (Fsp3) is 0.258. The highest BCUT2D eigenvalue weighted by molar-refractivity contribution is 5.94. The van der Waals surface area contributed by atoms with Crippen molar-refractivity contribution in [2.75, 3.05) is 6.54 Å². The lowest BCUT2D eigenvalue weighted by Gasteiger charge is -2.23. The summed E-state index contributed by atoms with van der Waals surface area (Å²) in [7, 11) is 0. The number of hydrogen-bond acceptors (Lipinski definition) is 8. The van der Waals surface area contributed by atoms with Gasteiger partial charge in [-0.15, -0.1) is 0 Å². The van der Waals surface area contributed by atoms with Gasteiger partial charge in [-0.1, -0.05) is 54.6 Å². The van der Waals surface area contributed by atoms with Crippen molar-refractivity contribution in [2.24, 2.45) is 11.5 Å².